The number of hydrogen-bond donors (Lipinski definition) is 3. The van der Waals surface area contributed by atoms with Crippen LogP contribution in [0.25, 0.3) is 0 Å². The molecule has 3 rings (SSSR count). The fourth-order valence-corrected chi connectivity index (χ4v) is 3.23. The van der Waals surface area contributed by atoms with Crippen molar-refractivity contribution in [2.45, 2.75) is 37.8 Å². The van der Waals surface area contributed by atoms with Crippen molar-refractivity contribution in [1.29, 1.82) is 0 Å². The average Bonchev–Trinajstić information content (AvgIpc) is 2.80. The van der Waals surface area contributed by atoms with Crippen LogP contribution in [-0.4, -0.2) is 30.4 Å². The number of aliphatic hydroxyl groups excluding tert-OH is 1. The fraction of sp³-hybridized carbons (Fsp3) is 0.400. The Morgan fingerprint density at radius 2 is 2.00 bits per heavy atom. The highest BCUT2D eigenvalue weighted by Gasteiger charge is 2.17. The van der Waals surface area contributed by atoms with E-state index in [0.717, 1.165) is 37.1 Å². The first-order valence-electron chi connectivity index (χ1n) is 8.67. The highest BCUT2D eigenvalue weighted by atomic mass is 16.5. The second-order valence-corrected chi connectivity index (χ2v) is 6.51. The largest absolute Gasteiger partial charge is 0.491 e. The molecule has 2 aromatic carbocycles. The van der Waals surface area contributed by atoms with E-state index in [2.05, 4.69) is 17.4 Å². The zero-order chi connectivity index (χ0) is 16.8. The molecule has 0 saturated heterocycles. The SMILES string of the molecule is Nc1ccc2c(c1)CC(NC[C@H](O)COc1ccccc1)CCC2. The maximum absolute atomic E-state index is 10.1. The Balaban J connectivity index is 1.47. The second-order valence-electron chi connectivity index (χ2n) is 6.51. The number of aryl methyl sites for hydroxylation is 1. The van der Waals surface area contributed by atoms with E-state index < -0.39 is 6.10 Å². The van der Waals surface area contributed by atoms with Crippen molar-refractivity contribution < 1.29 is 9.84 Å². The third-order valence-electron chi connectivity index (χ3n) is 4.52. The number of nitrogen functional groups attached to an aromatic ring is 1. The van der Waals surface area contributed by atoms with Gasteiger partial charge in [0.15, 0.2) is 0 Å². The van der Waals surface area contributed by atoms with Crippen molar-refractivity contribution >= 4 is 5.69 Å². The number of para-hydroxylation sites is 1. The van der Waals surface area contributed by atoms with E-state index in [9.17, 15) is 5.11 Å². The molecule has 1 unspecified atom stereocenters. The van der Waals surface area contributed by atoms with Gasteiger partial charge in [-0.25, -0.2) is 0 Å². The van der Waals surface area contributed by atoms with Gasteiger partial charge in [0, 0.05) is 18.3 Å². The number of rotatable bonds is 6. The van der Waals surface area contributed by atoms with E-state index in [4.69, 9.17) is 10.5 Å². The normalized spacial score (nSPS) is 18.5. The van der Waals surface area contributed by atoms with Crippen molar-refractivity contribution in [1.82, 2.24) is 5.32 Å². The number of aliphatic hydroxyl groups is 1. The molecule has 4 N–H and O–H groups in total. The zero-order valence-corrected chi connectivity index (χ0v) is 13.9. The van der Waals surface area contributed by atoms with Gasteiger partial charge in [-0.1, -0.05) is 24.3 Å². The van der Waals surface area contributed by atoms with Crippen molar-refractivity contribution in [3.63, 3.8) is 0 Å². The monoisotopic (exact) mass is 326 g/mol. The molecule has 0 heterocycles. The first-order valence-corrected chi connectivity index (χ1v) is 8.67. The molecule has 0 fully saturated rings. The van der Waals surface area contributed by atoms with Gasteiger partial charge in [-0.3, -0.25) is 0 Å². The summed E-state index contributed by atoms with van der Waals surface area (Å²) < 4.78 is 5.60. The third kappa shape index (κ3) is 4.73. The van der Waals surface area contributed by atoms with Crippen LogP contribution >= 0.6 is 0 Å². The number of anilines is 1. The Labute approximate surface area is 143 Å². The van der Waals surface area contributed by atoms with Gasteiger partial charge in [0.2, 0.25) is 0 Å². The smallest absolute Gasteiger partial charge is 0.119 e. The summed E-state index contributed by atoms with van der Waals surface area (Å²) in [6.07, 6.45) is 3.82. The molecule has 0 radical (unpaired) electrons. The molecule has 0 aliphatic heterocycles. The molecule has 2 aromatic rings. The lowest BCUT2D eigenvalue weighted by Gasteiger charge is -2.20. The summed E-state index contributed by atoms with van der Waals surface area (Å²) in [6.45, 7) is 0.836. The highest BCUT2D eigenvalue weighted by molar-refractivity contribution is 5.45. The number of benzene rings is 2. The standard InChI is InChI=1S/C20H26N2O2/c21-17-10-9-15-5-4-6-18(12-16(15)11-17)22-13-19(23)14-24-20-7-2-1-3-8-20/h1-3,7-11,18-19,22-23H,4-6,12-14,21H2/t18?,19-/m0/s1. The van der Waals surface area contributed by atoms with Gasteiger partial charge in [0.25, 0.3) is 0 Å². The molecule has 0 aromatic heterocycles. The van der Waals surface area contributed by atoms with Crippen LogP contribution < -0.4 is 15.8 Å². The topological polar surface area (TPSA) is 67.5 Å². The molecule has 0 amide bonds. The molecule has 1 aliphatic carbocycles. The first-order chi connectivity index (χ1) is 11.7. The first kappa shape index (κ1) is 16.8. The van der Waals surface area contributed by atoms with Crippen LogP contribution in [0.1, 0.15) is 24.0 Å². The van der Waals surface area contributed by atoms with Crippen LogP contribution in [0.3, 0.4) is 0 Å². The number of fused-ring (bicyclic) bond motifs is 1. The van der Waals surface area contributed by atoms with E-state index in [-0.39, 0.29) is 0 Å². The molecule has 24 heavy (non-hydrogen) atoms. The molecule has 128 valence electrons. The lowest BCUT2D eigenvalue weighted by Crippen LogP contribution is -2.39. The van der Waals surface area contributed by atoms with Crippen molar-refractivity contribution in [2.75, 3.05) is 18.9 Å². The summed E-state index contributed by atoms with van der Waals surface area (Å²) in [7, 11) is 0. The predicted molar refractivity (Wildman–Crippen MR) is 97.2 cm³/mol. The fourth-order valence-electron chi connectivity index (χ4n) is 3.23. The van der Waals surface area contributed by atoms with E-state index in [1.54, 1.807) is 0 Å². The van der Waals surface area contributed by atoms with Crippen LogP contribution in [0.2, 0.25) is 0 Å². The van der Waals surface area contributed by atoms with Gasteiger partial charge in [0.05, 0.1) is 0 Å². The van der Waals surface area contributed by atoms with Crippen molar-refractivity contribution in [2.24, 2.45) is 0 Å². The predicted octanol–water partition coefficient (Wildman–Crippen LogP) is 2.55. The number of nitrogens with one attached hydrogen (secondary N) is 1. The molecule has 0 bridgehead atoms. The lowest BCUT2D eigenvalue weighted by molar-refractivity contribution is 0.103. The number of ether oxygens (including phenoxy) is 1. The summed E-state index contributed by atoms with van der Waals surface area (Å²) in [5.41, 5.74) is 9.48. The molecular formula is C20H26N2O2. The summed E-state index contributed by atoms with van der Waals surface area (Å²) in [5.74, 6) is 0.787. The van der Waals surface area contributed by atoms with Crippen molar-refractivity contribution in [3.8, 4) is 5.75 Å². The average molecular weight is 326 g/mol. The van der Waals surface area contributed by atoms with E-state index >= 15 is 0 Å². The van der Waals surface area contributed by atoms with Crippen LogP contribution in [0.5, 0.6) is 5.75 Å². The maximum Gasteiger partial charge on any atom is 0.119 e. The van der Waals surface area contributed by atoms with Crippen LogP contribution in [0, 0.1) is 0 Å². The summed E-state index contributed by atoms with van der Waals surface area (Å²) in [6, 6.07) is 16.2. The summed E-state index contributed by atoms with van der Waals surface area (Å²) in [5, 5.41) is 13.6. The Morgan fingerprint density at radius 1 is 1.17 bits per heavy atom. The maximum atomic E-state index is 10.1. The second kappa shape index (κ2) is 8.18. The van der Waals surface area contributed by atoms with Gasteiger partial charge in [-0.05, 0) is 61.1 Å². The Kier molecular flexibility index (Phi) is 5.72. The highest BCUT2D eigenvalue weighted by Crippen LogP contribution is 2.23. The summed E-state index contributed by atoms with van der Waals surface area (Å²) >= 11 is 0. The van der Waals surface area contributed by atoms with Gasteiger partial charge in [-0.2, -0.15) is 0 Å². The Bertz CT molecular complexity index is 645. The minimum Gasteiger partial charge on any atom is -0.491 e. The quantitative estimate of drug-likeness (QED) is 0.564. The molecule has 2 atom stereocenters. The molecule has 0 saturated carbocycles. The van der Waals surface area contributed by atoms with E-state index in [1.807, 2.05) is 36.4 Å². The number of nitrogens with two attached hydrogens (primary N) is 1. The minimum atomic E-state index is -0.520. The number of hydrogen-bond acceptors (Lipinski definition) is 4. The molecule has 4 heteroatoms. The van der Waals surface area contributed by atoms with Crippen LogP contribution in [0.15, 0.2) is 48.5 Å². The van der Waals surface area contributed by atoms with Gasteiger partial charge < -0.3 is 20.9 Å². The van der Waals surface area contributed by atoms with E-state index in [0.29, 0.717) is 19.2 Å². The molecule has 4 nitrogen and oxygen atoms in total. The molecular weight excluding hydrogens is 300 g/mol. The van der Waals surface area contributed by atoms with Gasteiger partial charge >= 0.3 is 0 Å². The lowest BCUT2D eigenvalue weighted by atomic mass is 10.0. The Morgan fingerprint density at radius 3 is 2.83 bits per heavy atom. The third-order valence-corrected chi connectivity index (χ3v) is 4.52. The zero-order valence-electron chi connectivity index (χ0n) is 13.9. The van der Waals surface area contributed by atoms with Gasteiger partial charge in [-0.15, -0.1) is 0 Å². The van der Waals surface area contributed by atoms with Crippen LogP contribution in [0.4, 0.5) is 5.69 Å². The minimum absolute atomic E-state index is 0.299. The summed E-state index contributed by atoms with van der Waals surface area (Å²) in [4.78, 5) is 0. The van der Waals surface area contributed by atoms with Crippen molar-refractivity contribution in [3.05, 3.63) is 59.7 Å². The van der Waals surface area contributed by atoms with E-state index in [1.165, 1.54) is 11.1 Å². The molecule has 1 aliphatic rings. The van der Waals surface area contributed by atoms with Gasteiger partial charge in [0.1, 0.15) is 18.5 Å². The Hall–Kier alpha value is -2.04. The van der Waals surface area contributed by atoms with Crippen LogP contribution in [-0.2, 0) is 12.8 Å². The molecule has 0 spiro atoms.